The second kappa shape index (κ2) is 13.3. The van der Waals surface area contributed by atoms with Crippen molar-refractivity contribution in [2.75, 3.05) is 21.3 Å². The maximum Gasteiger partial charge on any atom is 0.176 e. The number of alkyl halides is 2. The summed E-state index contributed by atoms with van der Waals surface area (Å²) in [5.41, 5.74) is 3.99. The molecule has 0 saturated heterocycles. The van der Waals surface area contributed by atoms with Crippen LogP contribution in [0.3, 0.4) is 0 Å². The van der Waals surface area contributed by atoms with Crippen LogP contribution in [0.4, 0.5) is 0 Å². The molecular formula is C31H30Cl2O5. The smallest absolute Gasteiger partial charge is 0.176 e. The Morgan fingerprint density at radius 3 is 1.84 bits per heavy atom. The number of ether oxygens (including phenoxy) is 5. The van der Waals surface area contributed by atoms with E-state index >= 15 is 0 Å². The Kier molecular flexibility index (Phi) is 9.63. The number of methoxy groups -OCH3 is 3. The Bertz CT molecular complexity index is 1360. The van der Waals surface area contributed by atoms with Crippen molar-refractivity contribution >= 4 is 23.2 Å². The van der Waals surface area contributed by atoms with Gasteiger partial charge in [0.1, 0.15) is 17.2 Å². The van der Waals surface area contributed by atoms with Crippen molar-refractivity contribution in [1.82, 2.24) is 0 Å². The minimum atomic E-state index is 0.400. The maximum atomic E-state index is 6.33. The van der Waals surface area contributed by atoms with E-state index in [9.17, 15) is 0 Å². The van der Waals surface area contributed by atoms with Gasteiger partial charge in [-0.15, -0.1) is 23.2 Å². The topological polar surface area (TPSA) is 46.2 Å². The third kappa shape index (κ3) is 6.66. The minimum Gasteiger partial charge on any atom is -0.496 e. The average Bonchev–Trinajstić information content (AvgIpc) is 2.97. The van der Waals surface area contributed by atoms with E-state index in [0.29, 0.717) is 52.7 Å². The average molecular weight is 553 g/mol. The Morgan fingerprint density at radius 2 is 1.16 bits per heavy atom. The molecule has 198 valence electrons. The summed E-state index contributed by atoms with van der Waals surface area (Å²) in [4.78, 5) is 0. The molecule has 0 saturated carbocycles. The van der Waals surface area contributed by atoms with E-state index in [1.807, 2.05) is 78.9 Å². The summed E-state index contributed by atoms with van der Waals surface area (Å²) in [7, 11) is 4.90. The van der Waals surface area contributed by atoms with Crippen molar-refractivity contribution in [3.63, 3.8) is 0 Å². The Labute approximate surface area is 233 Å². The zero-order valence-corrected chi connectivity index (χ0v) is 23.1. The van der Waals surface area contributed by atoms with E-state index in [1.54, 1.807) is 21.3 Å². The first-order valence-corrected chi connectivity index (χ1v) is 13.2. The van der Waals surface area contributed by atoms with E-state index in [0.717, 1.165) is 34.4 Å². The van der Waals surface area contributed by atoms with Gasteiger partial charge < -0.3 is 23.7 Å². The molecule has 0 amide bonds. The van der Waals surface area contributed by atoms with Crippen LogP contribution in [-0.2, 0) is 24.6 Å². The lowest BCUT2D eigenvalue weighted by Crippen LogP contribution is -2.01. The molecule has 5 nitrogen and oxygen atoms in total. The minimum absolute atomic E-state index is 0.400. The van der Waals surface area contributed by atoms with Crippen LogP contribution in [-0.4, -0.2) is 21.3 Å². The van der Waals surface area contributed by atoms with E-state index < -0.39 is 0 Å². The fourth-order valence-electron chi connectivity index (χ4n) is 4.10. The third-order valence-corrected chi connectivity index (χ3v) is 6.71. The Balaban J connectivity index is 1.54. The second-order valence-electron chi connectivity index (χ2n) is 8.53. The molecule has 0 unspecified atom stereocenters. The van der Waals surface area contributed by atoms with Crippen molar-refractivity contribution in [2.45, 2.75) is 24.6 Å². The zero-order valence-electron chi connectivity index (χ0n) is 21.6. The van der Waals surface area contributed by atoms with Crippen LogP contribution in [0.15, 0.2) is 78.9 Å². The molecule has 0 aliphatic rings. The van der Waals surface area contributed by atoms with Gasteiger partial charge in [-0.2, -0.15) is 0 Å². The van der Waals surface area contributed by atoms with Crippen molar-refractivity contribution in [3.8, 4) is 40.2 Å². The number of benzene rings is 4. The van der Waals surface area contributed by atoms with E-state index in [1.165, 1.54) is 0 Å². The summed E-state index contributed by atoms with van der Waals surface area (Å²) in [5.74, 6) is 5.48. The van der Waals surface area contributed by atoms with E-state index in [-0.39, 0.29) is 0 Å². The third-order valence-electron chi connectivity index (χ3n) is 6.09. The lowest BCUT2D eigenvalue weighted by molar-refractivity contribution is 0.365. The molecule has 38 heavy (non-hydrogen) atoms. The monoisotopic (exact) mass is 552 g/mol. The largest absolute Gasteiger partial charge is 0.496 e. The summed E-state index contributed by atoms with van der Waals surface area (Å²) in [6.07, 6.45) is 1.43. The van der Waals surface area contributed by atoms with Crippen LogP contribution in [0.25, 0.3) is 0 Å². The van der Waals surface area contributed by atoms with Crippen molar-refractivity contribution in [1.29, 1.82) is 0 Å². The van der Waals surface area contributed by atoms with Crippen LogP contribution in [0, 0.1) is 0 Å². The molecule has 0 heterocycles. The highest BCUT2D eigenvalue weighted by molar-refractivity contribution is 6.17. The van der Waals surface area contributed by atoms with Gasteiger partial charge in [-0.1, -0.05) is 30.3 Å². The molecule has 0 N–H and O–H groups in total. The predicted octanol–water partition coefficient (Wildman–Crippen LogP) is 8.56. The highest BCUT2D eigenvalue weighted by atomic mass is 35.5. The SMILES string of the molecule is COc1ccc(CCl)cc1Oc1ccc(CCc2c(OC)ccc(OC)c2Oc2cccc(CCl)c2)cc1. The Hall–Kier alpha value is -3.54. The summed E-state index contributed by atoms with van der Waals surface area (Å²) in [5, 5.41) is 0. The lowest BCUT2D eigenvalue weighted by Gasteiger charge is -2.18. The summed E-state index contributed by atoms with van der Waals surface area (Å²) in [6, 6.07) is 25.1. The maximum absolute atomic E-state index is 6.33. The first-order chi connectivity index (χ1) is 18.6. The van der Waals surface area contributed by atoms with Crippen LogP contribution >= 0.6 is 23.2 Å². The van der Waals surface area contributed by atoms with Crippen molar-refractivity contribution in [2.24, 2.45) is 0 Å². The van der Waals surface area contributed by atoms with Gasteiger partial charge in [0, 0.05) is 17.3 Å². The highest BCUT2D eigenvalue weighted by Crippen LogP contribution is 2.41. The first-order valence-electron chi connectivity index (χ1n) is 12.1. The number of hydrogen-bond acceptors (Lipinski definition) is 5. The normalized spacial score (nSPS) is 10.7. The molecular weight excluding hydrogens is 523 g/mol. The van der Waals surface area contributed by atoms with Gasteiger partial charge in [0.15, 0.2) is 23.0 Å². The Morgan fingerprint density at radius 1 is 0.526 bits per heavy atom. The molecule has 0 atom stereocenters. The first kappa shape index (κ1) is 27.5. The van der Waals surface area contributed by atoms with Crippen LogP contribution in [0.2, 0.25) is 0 Å². The molecule has 4 aromatic rings. The molecule has 0 aromatic heterocycles. The molecule has 0 bridgehead atoms. The van der Waals surface area contributed by atoms with Crippen molar-refractivity contribution < 1.29 is 23.7 Å². The number of hydrogen-bond donors (Lipinski definition) is 0. The molecule has 0 aliphatic carbocycles. The quantitative estimate of drug-likeness (QED) is 0.165. The summed E-state index contributed by atoms with van der Waals surface area (Å²) < 4.78 is 29.2. The van der Waals surface area contributed by atoms with Crippen LogP contribution in [0.1, 0.15) is 22.3 Å². The number of halogens is 2. The molecule has 0 spiro atoms. The van der Waals surface area contributed by atoms with Gasteiger partial charge >= 0.3 is 0 Å². The van der Waals surface area contributed by atoms with Crippen LogP contribution in [0.5, 0.6) is 40.2 Å². The number of rotatable bonds is 12. The summed E-state index contributed by atoms with van der Waals surface area (Å²) >= 11 is 12.0. The van der Waals surface area contributed by atoms with Gasteiger partial charge in [-0.3, -0.25) is 0 Å². The molecule has 7 heteroatoms. The van der Waals surface area contributed by atoms with Gasteiger partial charge in [-0.25, -0.2) is 0 Å². The number of aryl methyl sites for hydroxylation is 1. The second-order valence-corrected chi connectivity index (χ2v) is 9.06. The van der Waals surface area contributed by atoms with E-state index in [4.69, 9.17) is 46.9 Å². The van der Waals surface area contributed by atoms with Gasteiger partial charge in [0.2, 0.25) is 0 Å². The van der Waals surface area contributed by atoms with Crippen molar-refractivity contribution in [3.05, 3.63) is 101 Å². The van der Waals surface area contributed by atoms with Gasteiger partial charge in [-0.05, 0) is 78.1 Å². The lowest BCUT2D eigenvalue weighted by atomic mass is 10.0. The highest BCUT2D eigenvalue weighted by Gasteiger charge is 2.18. The molecule has 4 rings (SSSR count). The van der Waals surface area contributed by atoms with Gasteiger partial charge in [0.05, 0.1) is 21.3 Å². The fourth-order valence-corrected chi connectivity index (χ4v) is 4.44. The molecule has 0 radical (unpaired) electrons. The standard InChI is InChI=1S/C31H30Cl2O5/c1-34-27-15-16-29(36-3)31(38-25-6-4-5-22(17-25)19-32)26(27)13-9-21-7-11-24(12-8-21)37-30-18-23(20-33)10-14-28(30)35-2/h4-8,10-12,14-18H,9,13,19-20H2,1-3H3. The molecule has 0 fully saturated rings. The predicted molar refractivity (Wildman–Crippen MR) is 152 cm³/mol. The van der Waals surface area contributed by atoms with Crippen LogP contribution < -0.4 is 23.7 Å². The molecule has 0 aliphatic heterocycles. The van der Waals surface area contributed by atoms with Gasteiger partial charge in [0.25, 0.3) is 0 Å². The molecule has 4 aromatic carbocycles. The summed E-state index contributed by atoms with van der Waals surface area (Å²) in [6.45, 7) is 0. The zero-order chi connectivity index (χ0) is 26.9. The van der Waals surface area contributed by atoms with E-state index in [2.05, 4.69) is 0 Å². The fraction of sp³-hybridized carbons (Fsp3) is 0.226.